The van der Waals surface area contributed by atoms with Gasteiger partial charge >= 0.3 is 0 Å². The van der Waals surface area contributed by atoms with Gasteiger partial charge in [-0.2, -0.15) is 0 Å². The summed E-state index contributed by atoms with van der Waals surface area (Å²) < 4.78 is 14.5. The summed E-state index contributed by atoms with van der Waals surface area (Å²) in [5, 5.41) is 8.04. The maximum atomic E-state index is 14.5. The molecular weight excluding hydrogens is 586 g/mol. The minimum absolute atomic E-state index is 0.0491. The number of nitrogens with zero attached hydrogens (tertiary/aromatic N) is 1. The number of carbonyl (C=O) groups is 3. The standard InChI is InChI=1S/C30H23Cl2FN4O3S/c1-18(28(38)37-27-14-13-20(31)17-34-27)41-22-10-5-9-21(15-22)35-30(40)26(16-23-24(32)11-6-12-25(23)33)36-29(39)19-7-3-2-4-8-19/h2-18H,1H3,(H,35,40)(H,36,39)(H,34,37,38)/b26-16+. The van der Waals surface area contributed by atoms with Gasteiger partial charge in [0.2, 0.25) is 5.91 Å². The summed E-state index contributed by atoms with van der Waals surface area (Å²) in [7, 11) is 0. The van der Waals surface area contributed by atoms with Crippen LogP contribution >= 0.6 is 35.0 Å². The number of anilines is 2. The number of thioether (sulfide) groups is 1. The first-order chi connectivity index (χ1) is 19.7. The van der Waals surface area contributed by atoms with Crippen molar-refractivity contribution in [3.05, 3.63) is 124 Å². The van der Waals surface area contributed by atoms with Gasteiger partial charge < -0.3 is 16.0 Å². The van der Waals surface area contributed by atoms with Crippen molar-refractivity contribution in [1.82, 2.24) is 10.3 Å². The molecule has 0 radical (unpaired) electrons. The monoisotopic (exact) mass is 608 g/mol. The van der Waals surface area contributed by atoms with Crippen LogP contribution in [-0.4, -0.2) is 28.0 Å². The Morgan fingerprint density at radius 1 is 0.927 bits per heavy atom. The van der Waals surface area contributed by atoms with E-state index in [9.17, 15) is 18.8 Å². The highest BCUT2D eigenvalue weighted by Gasteiger charge is 2.19. The number of benzene rings is 3. The smallest absolute Gasteiger partial charge is 0.272 e. The van der Waals surface area contributed by atoms with E-state index in [4.69, 9.17) is 23.2 Å². The molecule has 0 spiro atoms. The van der Waals surface area contributed by atoms with Crippen LogP contribution in [-0.2, 0) is 9.59 Å². The van der Waals surface area contributed by atoms with Crippen molar-refractivity contribution in [2.45, 2.75) is 17.1 Å². The number of amides is 3. The van der Waals surface area contributed by atoms with Crippen LogP contribution in [0.3, 0.4) is 0 Å². The van der Waals surface area contributed by atoms with Crippen molar-refractivity contribution in [3.63, 3.8) is 0 Å². The largest absolute Gasteiger partial charge is 0.321 e. The zero-order valence-electron chi connectivity index (χ0n) is 21.5. The molecule has 0 saturated carbocycles. The molecule has 4 rings (SSSR count). The Morgan fingerprint density at radius 2 is 1.68 bits per heavy atom. The van der Waals surface area contributed by atoms with Crippen LogP contribution < -0.4 is 16.0 Å². The average molecular weight is 610 g/mol. The fraction of sp³-hybridized carbons (Fsp3) is 0.0667. The normalized spacial score (nSPS) is 11.9. The number of halogens is 3. The first-order valence-electron chi connectivity index (χ1n) is 12.2. The van der Waals surface area contributed by atoms with Crippen LogP contribution in [0.25, 0.3) is 6.08 Å². The van der Waals surface area contributed by atoms with E-state index in [1.54, 1.807) is 73.7 Å². The molecule has 1 unspecified atom stereocenters. The minimum atomic E-state index is -0.699. The molecule has 3 N–H and O–H groups in total. The molecule has 0 aliphatic rings. The van der Waals surface area contributed by atoms with Crippen molar-refractivity contribution in [1.29, 1.82) is 0 Å². The molecule has 0 aliphatic heterocycles. The predicted molar refractivity (Wildman–Crippen MR) is 162 cm³/mol. The first kappa shape index (κ1) is 29.8. The van der Waals surface area contributed by atoms with E-state index in [1.807, 2.05) is 0 Å². The van der Waals surface area contributed by atoms with E-state index in [2.05, 4.69) is 20.9 Å². The molecule has 3 aromatic carbocycles. The molecule has 0 saturated heterocycles. The Labute approximate surface area is 250 Å². The number of hydrogen-bond donors (Lipinski definition) is 3. The zero-order valence-corrected chi connectivity index (χ0v) is 23.9. The van der Waals surface area contributed by atoms with E-state index in [0.29, 0.717) is 27.0 Å². The number of pyridine rings is 1. The second-order valence-electron chi connectivity index (χ2n) is 8.61. The van der Waals surface area contributed by atoms with Crippen molar-refractivity contribution < 1.29 is 18.8 Å². The third-order valence-corrected chi connectivity index (χ3v) is 7.22. The molecule has 3 amide bonds. The van der Waals surface area contributed by atoms with Crippen molar-refractivity contribution in [2.24, 2.45) is 0 Å². The molecule has 1 heterocycles. The van der Waals surface area contributed by atoms with Gasteiger partial charge in [0.05, 0.1) is 15.3 Å². The Balaban J connectivity index is 1.51. The van der Waals surface area contributed by atoms with Gasteiger partial charge in [-0.1, -0.05) is 53.5 Å². The number of hydrogen-bond acceptors (Lipinski definition) is 5. The highest BCUT2D eigenvalue weighted by atomic mass is 35.5. The third kappa shape index (κ3) is 8.40. The highest BCUT2D eigenvalue weighted by molar-refractivity contribution is 8.00. The number of rotatable bonds is 9. The van der Waals surface area contributed by atoms with Crippen LogP contribution in [0.2, 0.25) is 10.0 Å². The molecular formula is C30H23Cl2FN4O3S. The van der Waals surface area contributed by atoms with Gasteiger partial charge in [0.1, 0.15) is 17.3 Å². The van der Waals surface area contributed by atoms with Gasteiger partial charge in [0, 0.05) is 27.9 Å². The molecule has 0 bridgehead atoms. The lowest BCUT2D eigenvalue weighted by Gasteiger charge is -2.14. The fourth-order valence-electron chi connectivity index (χ4n) is 3.52. The molecule has 11 heteroatoms. The summed E-state index contributed by atoms with van der Waals surface area (Å²) in [5.41, 5.74) is 0.441. The van der Waals surface area contributed by atoms with Crippen LogP contribution in [0, 0.1) is 5.82 Å². The summed E-state index contributed by atoms with van der Waals surface area (Å²) in [6.45, 7) is 1.74. The average Bonchev–Trinajstić information content (AvgIpc) is 2.96. The van der Waals surface area contributed by atoms with Crippen molar-refractivity contribution in [3.8, 4) is 0 Å². The van der Waals surface area contributed by atoms with E-state index >= 15 is 0 Å². The molecule has 41 heavy (non-hydrogen) atoms. The van der Waals surface area contributed by atoms with Gasteiger partial charge in [-0.3, -0.25) is 14.4 Å². The second kappa shape index (κ2) is 13.9. The number of nitrogens with one attached hydrogen (secondary N) is 3. The second-order valence-corrected chi connectivity index (χ2v) is 10.9. The first-order valence-corrected chi connectivity index (χ1v) is 13.9. The maximum absolute atomic E-state index is 14.5. The molecule has 4 aromatic rings. The molecule has 1 atom stereocenters. The summed E-state index contributed by atoms with van der Waals surface area (Å²) in [6.07, 6.45) is 2.62. The number of carbonyl (C=O) groups excluding carboxylic acids is 3. The van der Waals surface area contributed by atoms with Crippen LogP contribution in [0.1, 0.15) is 22.8 Å². The predicted octanol–water partition coefficient (Wildman–Crippen LogP) is 7.06. The van der Waals surface area contributed by atoms with Crippen LogP contribution in [0.4, 0.5) is 15.9 Å². The van der Waals surface area contributed by atoms with Crippen LogP contribution in [0.5, 0.6) is 0 Å². The third-order valence-electron chi connectivity index (χ3n) is 5.57. The Bertz CT molecular complexity index is 1580. The summed E-state index contributed by atoms with van der Waals surface area (Å²) in [6, 6.07) is 22.5. The summed E-state index contributed by atoms with van der Waals surface area (Å²) >= 11 is 13.3. The molecule has 0 aliphatic carbocycles. The lowest BCUT2D eigenvalue weighted by molar-refractivity contribution is -0.115. The van der Waals surface area contributed by atoms with E-state index in [0.717, 1.165) is 0 Å². The van der Waals surface area contributed by atoms with E-state index < -0.39 is 22.9 Å². The molecule has 208 valence electrons. The van der Waals surface area contributed by atoms with Gasteiger partial charge in [0.15, 0.2) is 0 Å². The molecule has 1 aromatic heterocycles. The quantitative estimate of drug-likeness (QED) is 0.139. The fourth-order valence-corrected chi connectivity index (χ4v) is 4.77. The van der Waals surface area contributed by atoms with Crippen molar-refractivity contribution >= 4 is 70.3 Å². The Morgan fingerprint density at radius 3 is 2.39 bits per heavy atom. The van der Waals surface area contributed by atoms with E-state index in [1.165, 1.54) is 42.2 Å². The summed E-state index contributed by atoms with van der Waals surface area (Å²) in [4.78, 5) is 43.6. The van der Waals surface area contributed by atoms with E-state index in [-0.39, 0.29) is 22.2 Å². The lowest BCUT2D eigenvalue weighted by Crippen LogP contribution is -2.30. The summed E-state index contributed by atoms with van der Waals surface area (Å²) in [5.74, 6) is -1.81. The minimum Gasteiger partial charge on any atom is -0.321 e. The highest BCUT2D eigenvalue weighted by Crippen LogP contribution is 2.27. The van der Waals surface area contributed by atoms with Gasteiger partial charge in [-0.05, 0) is 67.6 Å². The van der Waals surface area contributed by atoms with Gasteiger partial charge in [-0.25, -0.2) is 9.37 Å². The SMILES string of the molecule is CC(Sc1cccc(NC(=O)/C(=C\c2c(F)cccc2Cl)NC(=O)c2ccccc2)c1)C(=O)Nc1ccc(Cl)cn1. The van der Waals surface area contributed by atoms with Gasteiger partial charge in [0.25, 0.3) is 11.8 Å². The number of aromatic nitrogens is 1. The maximum Gasteiger partial charge on any atom is 0.272 e. The topological polar surface area (TPSA) is 100 Å². The Kier molecular flexibility index (Phi) is 10.1. The lowest BCUT2D eigenvalue weighted by atomic mass is 10.1. The zero-order chi connectivity index (χ0) is 29.4. The molecule has 0 fully saturated rings. The van der Waals surface area contributed by atoms with Crippen LogP contribution in [0.15, 0.2) is 102 Å². The molecule has 7 nitrogen and oxygen atoms in total. The van der Waals surface area contributed by atoms with Crippen molar-refractivity contribution in [2.75, 3.05) is 10.6 Å². The Hall–Kier alpha value is -4.18. The van der Waals surface area contributed by atoms with Gasteiger partial charge in [-0.15, -0.1) is 11.8 Å².